The van der Waals surface area contributed by atoms with Gasteiger partial charge in [-0.15, -0.1) is 11.8 Å². The predicted octanol–water partition coefficient (Wildman–Crippen LogP) is 4.98. The van der Waals surface area contributed by atoms with E-state index in [1.54, 1.807) is 11.8 Å². The van der Waals surface area contributed by atoms with Crippen LogP contribution < -0.4 is 10.6 Å². The van der Waals surface area contributed by atoms with Crippen molar-refractivity contribution in [2.24, 2.45) is 0 Å². The van der Waals surface area contributed by atoms with Gasteiger partial charge in [-0.3, -0.25) is 14.4 Å². The maximum atomic E-state index is 13.1. The van der Waals surface area contributed by atoms with Crippen molar-refractivity contribution in [2.75, 3.05) is 12.3 Å². The first-order valence-corrected chi connectivity index (χ1v) is 13.5. The van der Waals surface area contributed by atoms with Crippen LogP contribution in [0.1, 0.15) is 49.3 Å². The van der Waals surface area contributed by atoms with Gasteiger partial charge in [0.1, 0.15) is 6.04 Å². The molecule has 0 aliphatic rings. The van der Waals surface area contributed by atoms with Gasteiger partial charge in [-0.25, -0.2) is 0 Å². The number of amides is 2. The number of hydrogen-bond acceptors (Lipinski definition) is 4. The van der Waals surface area contributed by atoms with E-state index in [1.165, 1.54) is 6.92 Å². The molecule has 0 saturated carbocycles. The third kappa shape index (κ3) is 7.95. The van der Waals surface area contributed by atoms with Crippen molar-refractivity contribution in [1.82, 2.24) is 10.6 Å². The van der Waals surface area contributed by atoms with E-state index >= 15 is 0 Å². The van der Waals surface area contributed by atoms with Crippen LogP contribution in [0.25, 0.3) is 0 Å². The number of nitrogens with one attached hydrogen (secondary N) is 2. The molecule has 37 heavy (non-hydrogen) atoms. The van der Waals surface area contributed by atoms with Gasteiger partial charge < -0.3 is 15.7 Å². The van der Waals surface area contributed by atoms with Crippen LogP contribution in [0.15, 0.2) is 91.0 Å². The van der Waals surface area contributed by atoms with Gasteiger partial charge in [0.25, 0.3) is 0 Å². The van der Waals surface area contributed by atoms with E-state index in [9.17, 15) is 14.4 Å². The quantitative estimate of drug-likeness (QED) is 0.207. The minimum atomic E-state index is -0.814. The monoisotopic (exact) mass is 518 g/mol. The average Bonchev–Trinajstić information content (AvgIpc) is 2.91. The number of hydrogen-bond donors (Lipinski definition) is 3. The lowest BCUT2D eigenvalue weighted by atomic mass is 9.84. The molecule has 0 aromatic heterocycles. The Morgan fingerprint density at radius 1 is 0.784 bits per heavy atom. The van der Waals surface area contributed by atoms with Crippen molar-refractivity contribution < 1.29 is 19.5 Å². The van der Waals surface area contributed by atoms with Gasteiger partial charge in [0, 0.05) is 25.6 Å². The van der Waals surface area contributed by atoms with Crippen LogP contribution in [-0.4, -0.2) is 41.2 Å². The van der Waals surface area contributed by atoms with Crippen LogP contribution in [0.5, 0.6) is 0 Å². The van der Waals surface area contributed by atoms with E-state index in [0.717, 1.165) is 16.7 Å². The molecule has 3 aromatic rings. The number of thioether (sulfide) groups is 1. The number of aliphatic carboxylic acids is 1. The molecule has 0 spiro atoms. The zero-order valence-corrected chi connectivity index (χ0v) is 21.9. The average molecular weight is 519 g/mol. The molecule has 0 saturated heterocycles. The first-order chi connectivity index (χ1) is 17.9. The molecule has 194 valence electrons. The molecule has 0 heterocycles. The number of carboxylic acid groups (broad SMARTS) is 1. The Labute approximate surface area is 222 Å². The Morgan fingerprint density at radius 2 is 1.27 bits per heavy atom. The lowest BCUT2D eigenvalue weighted by Crippen LogP contribution is -2.48. The number of rotatable bonds is 14. The first kappa shape index (κ1) is 28.0. The number of benzene rings is 3. The van der Waals surface area contributed by atoms with Gasteiger partial charge in [-0.05, 0) is 29.5 Å². The van der Waals surface area contributed by atoms with Gasteiger partial charge >= 0.3 is 5.97 Å². The van der Waals surface area contributed by atoms with E-state index in [2.05, 4.69) is 47.0 Å². The summed E-state index contributed by atoms with van der Waals surface area (Å²) in [6, 6.07) is 29.9. The molecule has 0 unspecified atom stereocenters. The second-order valence-electron chi connectivity index (χ2n) is 8.84. The summed E-state index contributed by atoms with van der Waals surface area (Å²) in [5, 5.41) is 14.5. The van der Waals surface area contributed by atoms with E-state index < -0.39 is 16.8 Å². The summed E-state index contributed by atoms with van der Waals surface area (Å²) in [4.78, 5) is 35.8. The van der Waals surface area contributed by atoms with E-state index in [-0.39, 0.29) is 18.2 Å². The molecular weight excluding hydrogens is 484 g/mol. The lowest BCUT2D eigenvalue weighted by molar-refractivity contribution is -0.137. The van der Waals surface area contributed by atoms with Crippen LogP contribution in [-0.2, 0) is 19.1 Å². The molecule has 3 aromatic carbocycles. The fraction of sp³-hybridized carbons (Fsp3) is 0.300. The summed E-state index contributed by atoms with van der Waals surface area (Å²) in [6.45, 7) is 1.84. The van der Waals surface area contributed by atoms with Crippen molar-refractivity contribution in [3.05, 3.63) is 108 Å². The molecule has 3 N–H and O–H groups in total. The maximum Gasteiger partial charge on any atom is 0.303 e. The predicted molar refractivity (Wildman–Crippen MR) is 148 cm³/mol. The molecule has 0 aliphatic heterocycles. The van der Waals surface area contributed by atoms with Crippen molar-refractivity contribution in [2.45, 2.75) is 43.4 Å². The smallest absolute Gasteiger partial charge is 0.303 e. The molecule has 0 aliphatic carbocycles. The highest BCUT2D eigenvalue weighted by molar-refractivity contribution is 8.00. The van der Waals surface area contributed by atoms with Crippen molar-refractivity contribution in [3.8, 4) is 0 Å². The first-order valence-electron chi connectivity index (χ1n) is 12.5. The van der Waals surface area contributed by atoms with Crippen LogP contribution >= 0.6 is 11.8 Å². The highest BCUT2D eigenvalue weighted by Crippen LogP contribution is 2.48. The Morgan fingerprint density at radius 3 is 1.70 bits per heavy atom. The highest BCUT2D eigenvalue weighted by Gasteiger charge is 2.38. The molecular formula is C30H34N2O4S. The fourth-order valence-electron chi connectivity index (χ4n) is 4.32. The zero-order chi connectivity index (χ0) is 26.5. The Balaban J connectivity index is 1.86. The summed E-state index contributed by atoms with van der Waals surface area (Å²) in [6.07, 6.45) is 2.09. The Bertz CT molecular complexity index is 1040. The zero-order valence-electron chi connectivity index (χ0n) is 21.1. The maximum absolute atomic E-state index is 13.1. The van der Waals surface area contributed by atoms with Crippen molar-refractivity contribution in [1.29, 1.82) is 0 Å². The summed E-state index contributed by atoms with van der Waals surface area (Å²) < 4.78 is -0.600. The normalized spacial score (nSPS) is 11.9. The van der Waals surface area contributed by atoms with Crippen LogP contribution in [0, 0.1) is 0 Å². The van der Waals surface area contributed by atoms with Crippen LogP contribution in [0.3, 0.4) is 0 Å². The molecule has 0 radical (unpaired) electrons. The topological polar surface area (TPSA) is 95.5 Å². The Kier molecular flexibility index (Phi) is 10.8. The number of carbonyl (C=O) groups excluding carboxylic acids is 2. The summed E-state index contributed by atoms with van der Waals surface area (Å²) >= 11 is 1.62. The van der Waals surface area contributed by atoms with Crippen LogP contribution in [0.4, 0.5) is 0 Å². The SMILES string of the molecule is CC(=O)N[C@@H](CSC(c1ccccc1)(c1ccccc1)c1ccccc1)C(=O)NCCCCCC(=O)O. The van der Waals surface area contributed by atoms with Gasteiger partial charge in [0.05, 0.1) is 4.75 Å². The number of carboxylic acids is 1. The molecule has 3 rings (SSSR count). The summed E-state index contributed by atoms with van der Waals surface area (Å²) in [5.41, 5.74) is 3.24. The molecule has 2 amide bonds. The Hall–Kier alpha value is -3.58. The molecule has 0 bridgehead atoms. The van der Waals surface area contributed by atoms with E-state index in [4.69, 9.17) is 5.11 Å². The molecule has 1 atom stereocenters. The second-order valence-corrected chi connectivity index (χ2v) is 10.1. The minimum Gasteiger partial charge on any atom is -0.481 e. The second kappa shape index (κ2) is 14.2. The molecule has 6 nitrogen and oxygen atoms in total. The van der Waals surface area contributed by atoms with Crippen molar-refractivity contribution >= 4 is 29.5 Å². The van der Waals surface area contributed by atoms with Gasteiger partial charge in [-0.1, -0.05) is 97.4 Å². The lowest BCUT2D eigenvalue weighted by Gasteiger charge is -2.36. The van der Waals surface area contributed by atoms with Gasteiger partial charge in [0.2, 0.25) is 11.8 Å². The fourth-order valence-corrected chi connectivity index (χ4v) is 5.88. The minimum absolute atomic E-state index is 0.125. The van der Waals surface area contributed by atoms with E-state index in [0.29, 0.717) is 31.6 Å². The number of carbonyl (C=O) groups is 3. The summed E-state index contributed by atoms with van der Waals surface area (Å²) in [7, 11) is 0. The largest absolute Gasteiger partial charge is 0.481 e. The van der Waals surface area contributed by atoms with Gasteiger partial charge in [-0.2, -0.15) is 0 Å². The third-order valence-electron chi connectivity index (χ3n) is 6.07. The van der Waals surface area contributed by atoms with Crippen molar-refractivity contribution in [3.63, 3.8) is 0 Å². The standard InChI is InChI=1S/C30H34N2O4S/c1-23(33)32-27(29(36)31-21-13-5-12-20-28(34)35)22-37-30(24-14-6-2-7-15-24,25-16-8-3-9-17-25)26-18-10-4-11-19-26/h2-4,6-11,14-19,27H,5,12-13,20-22H2,1H3,(H,31,36)(H,32,33)(H,34,35)/t27-/m0/s1. The highest BCUT2D eigenvalue weighted by atomic mass is 32.2. The number of unbranched alkanes of at least 4 members (excludes halogenated alkanes) is 2. The summed E-state index contributed by atoms with van der Waals surface area (Å²) in [5.74, 6) is -0.982. The molecule has 0 fully saturated rings. The molecule has 7 heteroatoms. The third-order valence-corrected chi connectivity index (χ3v) is 7.71. The van der Waals surface area contributed by atoms with E-state index in [1.807, 2.05) is 54.6 Å². The van der Waals surface area contributed by atoms with Crippen LogP contribution in [0.2, 0.25) is 0 Å². The van der Waals surface area contributed by atoms with Gasteiger partial charge in [0.15, 0.2) is 0 Å².